The highest BCUT2D eigenvalue weighted by Gasteiger charge is 2.53. The lowest BCUT2D eigenvalue weighted by Gasteiger charge is -2.57. The second kappa shape index (κ2) is 14.7. The lowest BCUT2D eigenvalue weighted by Crippen LogP contribution is -2.48. The Morgan fingerprint density at radius 2 is 0.779 bits per heavy atom. The molecule has 9 aromatic rings. The van der Waals surface area contributed by atoms with Gasteiger partial charge in [0.1, 0.15) is 0 Å². The summed E-state index contributed by atoms with van der Waals surface area (Å²) in [4.78, 5) is 16.4. The molecule has 0 radical (unpaired) electrons. The summed E-state index contributed by atoms with van der Waals surface area (Å²) >= 11 is 0. The maximum absolute atomic E-state index is 10.1. The number of aromatic nitrogens is 3. The predicted molar refractivity (Wildman–Crippen MR) is 276 cm³/mol. The lowest BCUT2D eigenvalue weighted by atomic mass is 9.47. The third-order valence-electron chi connectivity index (χ3n) is 18.6. The van der Waals surface area contributed by atoms with E-state index in [0.29, 0.717) is 11.4 Å². The van der Waals surface area contributed by atoms with E-state index in [0.717, 1.165) is 96.5 Å². The fourth-order valence-corrected chi connectivity index (χ4v) is 16.7. The normalized spacial score (nSPS) is 27.7. The van der Waals surface area contributed by atoms with Gasteiger partial charge in [-0.05, 0) is 195 Å². The second-order valence-corrected chi connectivity index (χ2v) is 22.7. The quantitative estimate of drug-likeness (QED) is 0.156. The van der Waals surface area contributed by atoms with Gasteiger partial charge in [0, 0.05) is 22.1 Å². The summed E-state index contributed by atoms with van der Waals surface area (Å²) in [5.41, 5.74) is 9.68. The summed E-state index contributed by atoms with van der Waals surface area (Å²) in [6.45, 7) is 0. The van der Waals surface area contributed by atoms with Gasteiger partial charge >= 0.3 is 0 Å². The van der Waals surface area contributed by atoms with E-state index >= 15 is 0 Å². The molecule has 4 heteroatoms. The van der Waals surface area contributed by atoms with Crippen LogP contribution < -0.4 is 0 Å². The molecule has 8 aliphatic carbocycles. The number of hydrogen-bond acceptors (Lipinski definition) is 4. The molecule has 68 heavy (non-hydrogen) atoms. The zero-order valence-electron chi connectivity index (χ0n) is 38.6. The van der Waals surface area contributed by atoms with E-state index in [1.807, 2.05) is 18.2 Å². The largest absolute Gasteiger partial charge is 0.208 e. The maximum atomic E-state index is 10.1. The minimum atomic E-state index is 0.276. The van der Waals surface area contributed by atoms with Crippen LogP contribution in [-0.2, 0) is 10.8 Å². The number of nitriles is 1. The lowest BCUT2D eigenvalue weighted by molar-refractivity contribution is -0.00462. The van der Waals surface area contributed by atoms with Crippen LogP contribution in [0, 0.1) is 46.8 Å². The maximum Gasteiger partial charge on any atom is 0.164 e. The highest BCUT2D eigenvalue weighted by atomic mass is 15.0. The third-order valence-corrected chi connectivity index (χ3v) is 18.6. The van der Waals surface area contributed by atoms with Gasteiger partial charge < -0.3 is 0 Å². The monoisotopic (exact) mass is 878 g/mol. The molecule has 4 nitrogen and oxygen atoms in total. The van der Waals surface area contributed by atoms with Gasteiger partial charge in [-0.2, -0.15) is 5.26 Å². The first-order chi connectivity index (χ1) is 33.4. The third kappa shape index (κ3) is 6.00. The molecule has 8 aromatic carbocycles. The fraction of sp³-hybridized carbons (Fsp3) is 0.312. The topological polar surface area (TPSA) is 62.5 Å². The highest BCUT2D eigenvalue weighted by Crippen LogP contribution is 2.63. The molecule has 1 heterocycles. The Kier molecular flexibility index (Phi) is 8.47. The molecule has 0 unspecified atom stereocenters. The average Bonchev–Trinajstić information content (AvgIpc) is 3.36. The molecule has 8 bridgehead atoms. The van der Waals surface area contributed by atoms with Crippen molar-refractivity contribution in [2.45, 2.75) is 87.9 Å². The van der Waals surface area contributed by atoms with Gasteiger partial charge in [-0.25, -0.2) is 15.0 Å². The number of fused-ring (bicyclic) bond motifs is 5. The van der Waals surface area contributed by atoms with E-state index in [1.54, 1.807) is 11.1 Å². The van der Waals surface area contributed by atoms with Crippen molar-refractivity contribution in [1.29, 1.82) is 5.26 Å². The van der Waals surface area contributed by atoms with Crippen LogP contribution in [0.4, 0.5) is 0 Å². The van der Waals surface area contributed by atoms with Crippen molar-refractivity contribution in [3.63, 3.8) is 0 Å². The second-order valence-electron chi connectivity index (χ2n) is 22.7. The van der Waals surface area contributed by atoms with Crippen LogP contribution in [0.15, 0.2) is 146 Å². The van der Waals surface area contributed by atoms with E-state index in [-0.39, 0.29) is 10.8 Å². The average molecular weight is 879 g/mol. The molecule has 0 spiro atoms. The number of nitrogens with zero attached hydrogens (tertiary/aromatic N) is 4. The Morgan fingerprint density at radius 3 is 1.26 bits per heavy atom. The van der Waals surface area contributed by atoms with Crippen molar-refractivity contribution in [3.05, 3.63) is 162 Å². The van der Waals surface area contributed by atoms with E-state index in [1.165, 1.54) is 98.6 Å². The number of benzene rings is 8. The van der Waals surface area contributed by atoms with Gasteiger partial charge in [-0.3, -0.25) is 0 Å². The Labute approximate surface area is 398 Å². The van der Waals surface area contributed by atoms with E-state index in [9.17, 15) is 5.26 Å². The van der Waals surface area contributed by atoms with Crippen molar-refractivity contribution >= 4 is 43.1 Å². The standard InChI is InChI=1S/C64H54N4/c65-37-48-30-47-29-46(17-18-50(47)51-8-2-1-7-49(48)51)44-13-15-45(16-14-44)60-66-61(56-19-21-58(54-11-5-3-9-52(54)56)63-31-38-23-39(32-63)25-40(24-38)33-63)68-62(67-60)57-20-22-59(55-12-6-4-10-53(55)57)64-34-41-26-42(35-64)28-43(27-41)36-64/h1-22,29-30,38-43H,23-28,31-36H2. The molecule has 0 amide bonds. The Balaban J connectivity index is 0.877. The minimum Gasteiger partial charge on any atom is -0.208 e. The smallest absolute Gasteiger partial charge is 0.164 e. The van der Waals surface area contributed by atoms with Gasteiger partial charge in [-0.15, -0.1) is 0 Å². The summed E-state index contributed by atoms with van der Waals surface area (Å²) in [5, 5.41) is 19.6. The van der Waals surface area contributed by atoms with Crippen LogP contribution in [0.2, 0.25) is 0 Å². The van der Waals surface area contributed by atoms with E-state index < -0.39 is 0 Å². The van der Waals surface area contributed by atoms with Gasteiger partial charge in [0.15, 0.2) is 17.5 Å². The Hall–Kier alpha value is -6.70. The molecule has 17 rings (SSSR count). The Morgan fingerprint density at radius 1 is 0.368 bits per heavy atom. The van der Waals surface area contributed by atoms with Gasteiger partial charge in [0.05, 0.1) is 11.6 Å². The van der Waals surface area contributed by atoms with Crippen LogP contribution in [0.3, 0.4) is 0 Å². The van der Waals surface area contributed by atoms with E-state index in [2.05, 4.69) is 133 Å². The van der Waals surface area contributed by atoms with Crippen molar-refractivity contribution in [2.24, 2.45) is 35.5 Å². The van der Waals surface area contributed by atoms with E-state index in [4.69, 9.17) is 15.0 Å². The summed E-state index contributed by atoms with van der Waals surface area (Å²) < 4.78 is 0. The van der Waals surface area contributed by atoms with Crippen LogP contribution in [-0.4, -0.2) is 15.0 Å². The molecule has 0 N–H and O–H groups in total. The molecule has 0 aliphatic heterocycles. The zero-order chi connectivity index (χ0) is 44.7. The van der Waals surface area contributed by atoms with Gasteiger partial charge in [-0.1, -0.05) is 133 Å². The Bertz CT molecular complexity index is 3400. The first-order valence-corrected chi connectivity index (χ1v) is 25.7. The van der Waals surface area contributed by atoms with Crippen LogP contribution in [0.25, 0.3) is 88.4 Å². The van der Waals surface area contributed by atoms with Crippen molar-refractivity contribution in [1.82, 2.24) is 15.0 Å². The highest BCUT2D eigenvalue weighted by molar-refractivity contribution is 6.11. The predicted octanol–water partition coefficient (Wildman–Crippen LogP) is 16.0. The molecule has 1 aromatic heterocycles. The van der Waals surface area contributed by atoms with Gasteiger partial charge in [0.2, 0.25) is 0 Å². The van der Waals surface area contributed by atoms with Crippen LogP contribution in [0.1, 0.15) is 93.7 Å². The molecule has 8 aliphatic rings. The molecular weight excluding hydrogens is 825 g/mol. The molecule has 0 saturated heterocycles. The first kappa shape index (κ1) is 39.3. The van der Waals surface area contributed by atoms with Crippen molar-refractivity contribution in [3.8, 4) is 51.4 Å². The summed E-state index contributed by atoms with van der Waals surface area (Å²) in [7, 11) is 0. The molecular formula is C64H54N4. The zero-order valence-corrected chi connectivity index (χ0v) is 38.6. The van der Waals surface area contributed by atoms with Crippen molar-refractivity contribution in [2.75, 3.05) is 0 Å². The fourth-order valence-electron chi connectivity index (χ4n) is 16.7. The van der Waals surface area contributed by atoms with Gasteiger partial charge in [0.25, 0.3) is 0 Å². The van der Waals surface area contributed by atoms with Crippen LogP contribution in [0.5, 0.6) is 0 Å². The van der Waals surface area contributed by atoms with Crippen molar-refractivity contribution < 1.29 is 0 Å². The number of hydrogen-bond donors (Lipinski definition) is 0. The first-order valence-electron chi connectivity index (χ1n) is 25.7. The molecule has 8 saturated carbocycles. The minimum absolute atomic E-state index is 0.276. The summed E-state index contributed by atoms with van der Waals surface area (Å²) in [5.74, 6) is 7.40. The molecule has 0 atom stereocenters. The SMILES string of the molecule is N#Cc1cc2cc(-c3ccc(-c4nc(-c5ccc(C67CC8CC(CC(C8)C6)C7)c6ccccc56)nc(-c5ccc(C67CC8CC(CC(C8)C6)C7)c6ccccc56)n4)cc3)ccc2c2ccccc12. The van der Waals surface area contributed by atoms with Crippen LogP contribution >= 0.6 is 0 Å². The molecule has 330 valence electrons. The summed E-state index contributed by atoms with van der Waals surface area (Å²) in [6, 6.07) is 55.9. The number of rotatable bonds is 6. The molecule has 8 fully saturated rings. The summed E-state index contributed by atoms with van der Waals surface area (Å²) in [6.07, 6.45) is 16.6.